The lowest BCUT2D eigenvalue weighted by Crippen LogP contribution is -2.18. The van der Waals surface area contributed by atoms with Crippen LogP contribution in [0.3, 0.4) is 0 Å². The molecule has 4 nitrogen and oxygen atoms in total. The number of carbonyl (C=O) groups excluding carboxylic acids is 2. The molecule has 0 aliphatic carbocycles. The van der Waals surface area contributed by atoms with Crippen molar-refractivity contribution in [1.82, 2.24) is 11.5 Å². The van der Waals surface area contributed by atoms with E-state index in [1.54, 1.807) is 0 Å². The molecule has 1 N–H and O–H groups in total. The Balaban J connectivity index is 0.000000490. The molecule has 1 fully saturated rings. The third-order valence-corrected chi connectivity index (χ3v) is 1.35. The van der Waals surface area contributed by atoms with Crippen LogP contribution in [0.15, 0.2) is 0 Å². The molecule has 1 heterocycles. The van der Waals surface area contributed by atoms with Gasteiger partial charge in [0.2, 0.25) is 5.91 Å². The van der Waals surface area contributed by atoms with Crippen LogP contribution in [-0.2, 0) is 4.79 Å². The van der Waals surface area contributed by atoms with Gasteiger partial charge >= 0.3 is 0 Å². The van der Waals surface area contributed by atoms with Gasteiger partial charge in [0.25, 0.3) is 5.24 Å². The van der Waals surface area contributed by atoms with Gasteiger partial charge in [-0.3, -0.25) is 14.9 Å². The first-order chi connectivity index (χ1) is 3.29. The zero-order chi connectivity index (χ0) is 5.28. The van der Waals surface area contributed by atoms with Gasteiger partial charge in [-0.1, -0.05) is 11.8 Å². The van der Waals surface area contributed by atoms with E-state index in [9.17, 15) is 9.59 Å². The van der Waals surface area contributed by atoms with Crippen LogP contribution < -0.4 is 11.5 Å². The van der Waals surface area contributed by atoms with Crippen LogP contribution >= 0.6 is 11.8 Å². The molecule has 0 aromatic carbocycles. The van der Waals surface area contributed by atoms with Crippen LogP contribution in [0.2, 0.25) is 0 Å². The molecule has 2 amide bonds. The highest BCUT2D eigenvalue weighted by atomic mass is 32.2. The van der Waals surface area contributed by atoms with E-state index in [-0.39, 0.29) is 17.3 Å². The monoisotopic (exact) mass is 131 g/mol. The van der Waals surface area contributed by atoms with Gasteiger partial charge in [-0.25, -0.2) is 0 Å². The zero-order valence-electron chi connectivity index (χ0n) is 3.88. The fourth-order valence-electron chi connectivity index (χ4n) is 0.317. The number of imide groups is 1. The molecular formula is C3H3N2O2S. The van der Waals surface area contributed by atoms with Crippen molar-refractivity contribution in [2.24, 2.45) is 0 Å². The van der Waals surface area contributed by atoms with E-state index in [1.165, 1.54) is 0 Å². The molecule has 3 radical (unpaired) electrons. The molecule has 0 unspecified atom stereocenters. The van der Waals surface area contributed by atoms with E-state index in [4.69, 9.17) is 0 Å². The second-order valence-corrected chi connectivity index (χ2v) is 2.07. The maximum absolute atomic E-state index is 10.1. The van der Waals surface area contributed by atoms with Crippen LogP contribution in [0.1, 0.15) is 0 Å². The summed E-state index contributed by atoms with van der Waals surface area (Å²) in [5.74, 6) is 0.105. The summed E-state index contributed by atoms with van der Waals surface area (Å²) in [6.07, 6.45) is 0. The molecule has 0 bridgehead atoms. The number of hydrogen-bond donors (Lipinski definition) is 1. The Labute approximate surface area is 50.6 Å². The van der Waals surface area contributed by atoms with E-state index < -0.39 is 0 Å². The van der Waals surface area contributed by atoms with Crippen LogP contribution in [0.5, 0.6) is 0 Å². The Bertz CT molecular complexity index is 110. The summed E-state index contributed by atoms with van der Waals surface area (Å²) < 4.78 is 0. The van der Waals surface area contributed by atoms with E-state index in [2.05, 4.69) is 5.32 Å². The van der Waals surface area contributed by atoms with Crippen molar-refractivity contribution in [1.29, 1.82) is 0 Å². The summed E-state index contributed by atoms with van der Waals surface area (Å²) in [5, 5.41) is 1.87. The molecule has 1 aliphatic rings. The lowest BCUT2D eigenvalue weighted by molar-refractivity contribution is -0.117. The number of nitrogens with zero attached hydrogens (tertiary/aromatic N) is 1. The molecule has 8 heavy (non-hydrogen) atoms. The average Bonchev–Trinajstić information content (AvgIpc) is 1.87. The normalized spacial score (nSPS) is 17.5. The molecule has 1 rings (SSSR count). The second kappa shape index (κ2) is 2.68. The van der Waals surface area contributed by atoms with Crippen molar-refractivity contribution in [2.45, 2.75) is 0 Å². The molecule has 0 atom stereocenters. The first-order valence-electron chi connectivity index (χ1n) is 1.75. The first kappa shape index (κ1) is 7.45. The fourth-order valence-corrected chi connectivity index (χ4v) is 0.837. The molecule has 0 saturated carbocycles. The number of rotatable bonds is 0. The quantitative estimate of drug-likeness (QED) is 0.481. The summed E-state index contributed by atoms with van der Waals surface area (Å²) >= 11 is 1.01. The first-order valence-corrected chi connectivity index (χ1v) is 2.74. The van der Waals surface area contributed by atoms with E-state index in [0.717, 1.165) is 11.8 Å². The van der Waals surface area contributed by atoms with Crippen molar-refractivity contribution in [3.8, 4) is 0 Å². The van der Waals surface area contributed by atoms with Crippen molar-refractivity contribution in [3.63, 3.8) is 0 Å². The number of carbonyl (C=O) groups is 2. The third-order valence-electron chi connectivity index (χ3n) is 0.576. The largest absolute Gasteiger partial charge is 0.286 e. The predicted molar refractivity (Wildman–Crippen MR) is 28.1 cm³/mol. The Kier molecular flexibility index (Phi) is 2.50. The molecule has 1 aliphatic heterocycles. The third kappa shape index (κ3) is 1.51. The Morgan fingerprint density at radius 2 is 2.12 bits per heavy atom. The molecule has 0 aromatic heterocycles. The van der Waals surface area contributed by atoms with Gasteiger partial charge in [0.1, 0.15) is 0 Å². The van der Waals surface area contributed by atoms with E-state index >= 15 is 0 Å². The van der Waals surface area contributed by atoms with Crippen molar-refractivity contribution >= 4 is 22.9 Å². The zero-order valence-corrected chi connectivity index (χ0v) is 4.70. The molecule has 1 saturated heterocycles. The van der Waals surface area contributed by atoms with E-state index in [1.807, 2.05) is 0 Å². The van der Waals surface area contributed by atoms with Crippen LogP contribution in [0.4, 0.5) is 4.79 Å². The minimum absolute atomic E-state index is 0. The maximum Gasteiger partial charge on any atom is 0.286 e. The number of nitrogens with one attached hydrogen (secondary N) is 1. The van der Waals surface area contributed by atoms with Crippen molar-refractivity contribution in [3.05, 3.63) is 0 Å². The summed E-state index contributed by atoms with van der Waals surface area (Å²) in [4.78, 5) is 20.2. The summed E-state index contributed by atoms with van der Waals surface area (Å²) in [6.45, 7) is 0. The molecular weight excluding hydrogens is 128 g/mol. The minimum Gasteiger partial charge on any atom is -0.286 e. The van der Waals surface area contributed by atoms with Crippen LogP contribution in [-0.4, -0.2) is 16.9 Å². The Morgan fingerprint density at radius 3 is 2.25 bits per heavy atom. The molecule has 43 valence electrons. The van der Waals surface area contributed by atoms with Gasteiger partial charge < -0.3 is 0 Å². The minimum atomic E-state index is -0.231. The molecule has 5 heteroatoms. The van der Waals surface area contributed by atoms with Crippen LogP contribution in [0.25, 0.3) is 0 Å². The SMILES string of the molecule is O=C1CSC(=O)N1.[N]. The lowest BCUT2D eigenvalue weighted by atomic mass is 10.7. The van der Waals surface area contributed by atoms with Crippen LogP contribution in [0, 0.1) is 0 Å². The highest BCUT2D eigenvalue weighted by molar-refractivity contribution is 8.14. The van der Waals surface area contributed by atoms with Gasteiger partial charge in [0.15, 0.2) is 0 Å². The molecule has 0 spiro atoms. The predicted octanol–water partition coefficient (Wildman–Crippen LogP) is -0.511. The van der Waals surface area contributed by atoms with Gasteiger partial charge in [-0.15, -0.1) is 0 Å². The highest BCUT2D eigenvalue weighted by Crippen LogP contribution is 2.06. The Hall–Kier alpha value is -0.550. The average molecular weight is 131 g/mol. The standard InChI is InChI=1S/C3H3NO2S.N/c5-2-1-7-3(6)4-2;/h1H2,(H,4,5,6);. The van der Waals surface area contributed by atoms with Crippen molar-refractivity contribution < 1.29 is 9.59 Å². The maximum atomic E-state index is 10.1. The van der Waals surface area contributed by atoms with Gasteiger partial charge in [0, 0.05) is 6.15 Å². The van der Waals surface area contributed by atoms with Gasteiger partial charge in [-0.2, -0.15) is 0 Å². The van der Waals surface area contributed by atoms with Crippen molar-refractivity contribution in [2.75, 3.05) is 5.75 Å². The molecule has 0 aromatic rings. The van der Waals surface area contributed by atoms with E-state index in [0.29, 0.717) is 5.75 Å². The lowest BCUT2D eigenvalue weighted by Gasteiger charge is -1.77. The second-order valence-electron chi connectivity index (χ2n) is 1.12. The highest BCUT2D eigenvalue weighted by Gasteiger charge is 2.16. The summed E-state index contributed by atoms with van der Waals surface area (Å²) in [7, 11) is 0. The number of thioether (sulfide) groups is 1. The number of amides is 2. The van der Waals surface area contributed by atoms with Gasteiger partial charge in [0.05, 0.1) is 5.75 Å². The number of hydrogen-bond acceptors (Lipinski definition) is 3. The van der Waals surface area contributed by atoms with Gasteiger partial charge in [-0.05, 0) is 0 Å². The smallest absolute Gasteiger partial charge is 0.286 e. The fraction of sp³-hybridized carbons (Fsp3) is 0.333. The summed E-state index contributed by atoms with van der Waals surface area (Å²) in [5.41, 5.74) is 0. The summed E-state index contributed by atoms with van der Waals surface area (Å²) in [6, 6.07) is 0. The topological polar surface area (TPSA) is 76.7 Å². The Morgan fingerprint density at radius 1 is 1.50 bits per heavy atom.